The number of rotatable bonds is 5. The Bertz CT molecular complexity index is 1030. The molecule has 1 heterocycles. The fourth-order valence-electron chi connectivity index (χ4n) is 4.56. The van der Waals surface area contributed by atoms with Crippen LogP contribution in [0.1, 0.15) is 53.2 Å². The molecule has 1 saturated heterocycles. The van der Waals surface area contributed by atoms with Crippen LogP contribution in [0.5, 0.6) is 5.75 Å². The average Bonchev–Trinajstić information content (AvgIpc) is 3.09. The number of phenolic OH excluding ortho intramolecular Hbond substituents is 1. The Morgan fingerprint density at radius 3 is 2.52 bits per heavy atom. The van der Waals surface area contributed by atoms with Crippen molar-refractivity contribution in [1.29, 1.82) is 0 Å². The molecule has 0 unspecified atom stereocenters. The first kappa shape index (κ1) is 21.1. The van der Waals surface area contributed by atoms with Crippen LogP contribution in [-0.2, 0) is 9.84 Å². The molecule has 1 atom stereocenters. The Balaban J connectivity index is 1.53. The van der Waals surface area contributed by atoms with Gasteiger partial charge in [0.1, 0.15) is 4.90 Å². The number of halogens is 1. The molecule has 2 fully saturated rings. The van der Waals surface area contributed by atoms with Gasteiger partial charge >= 0.3 is 6.03 Å². The van der Waals surface area contributed by atoms with Gasteiger partial charge in [-0.25, -0.2) is 13.2 Å². The molecule has 0 spiro atoms. The fourth-order valence-corrected chi connectivity index (χ4v) is 6.71. The minimum absolute atomic E-state index is 0.0550. The van der Waals surface area contributed by atoms with Crippen LogP contribution in [0.4, 0.5) is 10.5 Å². The molecule has 1 aromatic rings. The van der Waals surface area contributed by atoms with E-state index in [2.05, 4.69) is 21.6 Å². The number of benzene rings is 1. The summed E-state index contributed by atoms with van der Waals surface area (Å²) in [7, 11) is -4.27. The Morgan fingerprint density at radius 2 is 1.94 bits per heavy atom. The van der Waals surface area contributed by atoms with Crippen LogP contribution in [0.15, 0.2) is 28.7 Å². The van der Waals surface area contributed by atoms with Gasteiger partial charge in [-0.1, -0.05) is 29.7 Å². The second-order valence-electron chi connectivity index (χ2n) is 8.61. The number of piperidine rings is 1. The number of hydrogen-bond acceptors (Lipinski definition) is 5. The van der Waals surface area contributed by atoms with E-state index in [0.717, 1.165) is 31.3 Å². The summed E-state index contributed by atoms with van der Waals surface area (Å²) in [5, 5.41) is 14.2. The summed E-state index contributed by atoms with van der Waals surface area (Å²) in [4.78, 5) is 14.2. The number of phenols is 1. The van der Waals surface area contributed by atoms with E-state index in [4.69, 9.17) is 13.0 Å². The highest BCUT2D eigenvalue weighted by atomic mass is 35.5. The Morgan fingerprint density at radius 1 is 1.23 bits per heavy atom. The van der Waals surface area contributed by atoms with Crippen LogP contribution in [0, 0.1) is 0 Å². The zero-order valence-electron chi connectivity index (χ0n) is 18.7. The van der Waals surface area contributed by atoms with Gasteiger partial charge in [0.25, 0.3) is 0 Å². The van der Waals surface area contributed by atoms with E-state index in [-0.39, 0.29) is 29.6 Å². The number of urea groups is 1. The van der Waals surface area contributed by atoms with Crippen LogP contribution in [0.2, 0.25) is 5.02 Å². The van der Waals surface area contributed by atoms with Gasteiger partial charge in [-0.05, 0) is 70.7 Å². The van der Waals surface area contributed by atoms with Crippen molar-refractivity contribution in [2.24, 2.45) is 0 Å². The Kier molecular flexibility index (Phi) is 6.12. The zero-order chi connectivity index (χ0) is 23.1. The van der Waals surface area contributed by atoms with Gasteiger partial charge in [0.15, 0.2) is 15.6 Å². The lowest BCUT2D eigenvalue weighted by Gasteiger charge is -2.41. The summed E-state index contributed by atoms with van der Waals surface area (Å²) in [5.74, 6) is -0.626. The number of hydrogen-bond donors (Lipinski definition) is 3. The maximum atomic E-state index is 13.5. The Labute approximate surface area is 190 Å². The second-order valence-corrected chi connectivity index (χ2v) is 11.0. The van der Waals surface area contributed by atoms with E-state index >= 15 is 0 Å². The number of anilines is 1. The number of allylic oxidation sites excluding steroid dienone is 1. The van der Waals surface area contributed by atoms with Gasteiger partial charge in [-0.15, -0.1) is 0 Å². The quantitative estimate of drug-likeness (QED) is 0.447. The fraction of sp³-hybridized carbons (Fsp3) is 0.591. The number of aromatic hydroxyl groups is 1. The van der Waals surface area contributed by atoms with Gasteiger partial charge in [-0.3, -0.25) is 0 Å². The maximum Gasteiger partial charge on any atom is 0.319 e. The van der Waals surface area contributed by atoms with Crippen molar-refractivity contribution in [3.63, 3.8) is 0 Å². The molecule has 1 saturated carbocycles. The minimum Gasteiger partial charge on any atom is -0.504 e. The van der Waals surface area contributed by atoms with E-state index < -0.39 is 31.7 Å². The normalized spacial score (nSPS) is 24.8. The largest absolute Gasteiger partial charge is 0.504 e. The number of amides is 2. The number of carbonyl (C=O) groups is 1. The van der Waals surface area contributed by atoms with E-state index in [1.807, 2.05) is 6.92 Å². The first-order valence-corrected chi connectivity index (χ1v) is 12.7. The predicted molar refractivity (Wildman–Crippen MR) is 121 cm³/mol. The van der Waals surface area contributed by atoms with Crippen molar-refractivity contribution in [2.45, 2.75) is 74.1 Å². The highest BCUT2D eigenvalue weighted by Crippen LogP contribution is 2.41. The highest BCUT2D eigenvalue weighted by molar-refractivity contribution is 7.92. The molecular weight excluding hydrogens is 438 g/mol. The molecule has 0 aromatic heterocycles. The zero-order valence-corrected chi connectivity index (χ0v) is 19.2. The van der Waals surface area contributed by atoms with Gasteiger partial charge in [0.05, 0.1) is 22.0 Å². The minimum atomic E-state index is -4.27. The molecule has 1 aromatic carbocycles. The summed E-state index contributed by atoms with van der Waals surface area (Å²) >= 11 is 6.20. The lowest BCUT2D eigenvalue weighted by Crippen LogP contribution is -2.47. The molecule has 0 bridgehead atoms. The Hall–Kier alpha value is -1.77. The van der Waals surface area contributed by atoms with Crippen LogP contribution in [0.25, 0.3) is 0 Å². The molecule has 2 aliphatic carbocycles. The van der Waals surface area contributed by atoms with Gasteiger partial charge in [0, 0.05) is 7.41 Å². The highest BCUT2D eigenvalue weighted by Gasteiger charge is 2.37. The van der Waals surface area contributed by atoms with Crippen LogP contribution in [0.3, 0.4) is 0 Å². The number of nitrogens with zero attached hydrogens (tertiary/aromatic N) is 1. The summed E-state index contributed by atoms with van der Waals surface area (Å²) in [6.45, 7) is 2.99. The lowest BCUT2D eigenvalue weighted by molar-refractivity contribution is 0.106. The standard InChI is InChI=1S/C22H30ClN3O4S/c1-14-4-2-7-18(14)24-22(28)25-19-9-8-17(23)21(20(19)27)31(29,30)16-10-12-26(13-11-16)15-5-3-6-15/h4,8-9,15-16,18,27H,2-3,5-7,10-13H2,1H3,(H2,24,25,28)/t18-/m1/s1/i16D. The number of likely N-dealkylation sites (tertiary alicyclic amines) is 1. The SMILES string of the molecule is [2H]C1(S(=O)(=O)c2c(Cl)ccc(NC(=O)N[C@@H]3CCC=C3C)c2O)CCN(C2CCC2)CC1. The first-order chi connectivity index (χ1) is 15.1. The molecule has 31 heavy (non-hydrogen) atoms. The van der Waals surface area contributed by atoms with E-state index in [0.29, 0.717) is 19.1 Å². The van der Waals surface area contributed by atoms with E-state index in [1.54, 1.807) is 0 Å². The molecule has 9 heteroatoms. The molecule has 170 valence electrons. The maximum absolute atomic E-state index is 13.5. The van der Waals surface area contributed by atoms with Crippen molar-refractivity contribution in [1.82, 2.24) is 10.2 Å². The summed E-state index contributed by atoms with van der Waals surface area (Å²) < 4.78 is 35.7. The predicted octanol–water partition coefficient (Wildman–Crippen LogP) is 4.07. The van der Waals surface area contributed by atoms with E-state index in [9.17, 15) is 18.3 Å². The van der Waals surface area contributed by atoms with Gasteiger partial charge in [0.2, 0.25) is 0 Å². The second kappa shape index (κ2) is 9.00. The third kappa shape index (κ3) is 4.56. The van der Waals surface area contributed by atoms with Crippen molar-refractivity contribution in [3.05, 3.63) is 28.8 Å². The lowest BCUT2D eigenvalue weighted by atomic mass is 9.90. The van der Waals surface area contributed by atoms with E-state index in [1.165, 1.54) is 18.6 Å². The summed E-state index contributed by atoms with van der Waals surface area (Å²) in [5.41, 5.74) is 1.01. The van der Waals surface area contributed by atoms with Crippen LogP contribution in [-0.4, -0.2) is 54.9 Å². The number of carbonyl (C=O) groups excluding carboxylic acids is 1. The number of sulfone groups is 1. The molecule has 4 rings (SSSR count). The van der Waals surface area contributed by atoms with Crippen LogP contribution < -0.4 is 10.6 Å². The molecular formula is C22H30ClN3O4S. The number of nitrogens with one attached hydrogen (secondary N) is 2. The molecule has 3 N–H and O–H groups in total. The molecule has 0 radical (unpaired) electrons. The molecule has 2 amide bonds. The van der Waals surface area contributed by atoms with Crippen molar-refractivity contribution >= 4 is 33.2 Å². The summed E-state index contributed by atoms with van der Waals surface area (Å²) in [6, 6.07) is 2.55. The topological polar surface area (TPSA) is 98.7 Å². The van der Waals surface area contributed by atoms with Crippen molar-refractivity contribution in [2.75, 3.05) is 18.4 Å². The smallest absolute Gasteiger partial charge is 0.319 e. The van der Waals surface area contributed by atoms with Crippen molar-refractivity contribution < 1.29 is 19.7 Å². The molecule has 7 nitrogen and oxygen atoms in total. The summed E-state index contributed by atoms with van der Waals surface area (Å²) in [6.07, 6.45) is 7.46. The third-order valence-electron chi connectivity index (χ3n) is 6.70. The van der Waals surface area contributed by atoms with Gasteiger partial charge in [-0.2, -0.15) is 0 Å². The molecule has 1 aliphatic heterocycles. The monoisotopic (exact) mass is 468 g/mol. The first-order valence-electron chi connectivity index (χ1n) is 11.4. The molecule has 3 aliphatic rings. The third-order valence-corrected chi connectivity index (χ3v) is 9.25. The van der Waals surface area contributed by atoms with Gasteiger partial charge < -0.3 is 20.6 Å². The van der Waals surface area contributed by atoms with Crippen LogP contribution >= 0.6 is 11.6 Å². The van der Waals surface area contributed by atoms with Crippen molar-refractivity contribution in [3.8, 4) is 5.75 Å². The average molecular weight is 469 g/mol.